The summed E-state index contributed by atoms with van der Waals surface area (Å²) in [6.07, 6.45) is 3.88. The van der Waals surface area contributed by atoms with E-state index < -0.39 is 16.0 Å². The highest BCUT2D eigenvalue weighted by Crippen LogP contribution is 2.31. The Balaban J connectivity index is 2.81. The quantitative estimate of drug-likeness (QED) is 0.673. The number of sulfonamides is 1. The first-order valence-corrected chi connectivity index (χ1v) is 9.42. The molecule has 0 amide bonds. The lowest BCUT2D eigenvalue weighted by Gasteiger charge is -2.13. The Hall–Kier alpha value is -0.440. The molecule has 1 aromatic rings. The second-order valence-electron chi connectivity index (χ2n) is 4.57. The minimum atomic E-state index is -3.69. The zero-order valence-electron chi connectivity index (χ0n) is 11.3. The largest absolute Gasteiger partial charge is 0.477 e. The summed E-state index contributed by atoms with van der Waals surface area (Å²) in [6.45, 7) is 3.90. The van der Waals surface area contributed by atoms with Gasteiger partial charge in [0.1, 0.15) is 9.77 Å². The normalized spacial score (nSPS) is 13.3. The van der Waals surface area contributed by atoms with Gasteiger partial charge >= 0.3 is 5.97 Å². The predicted molar refractivity (Wildman–Crippen MR) is 82.9 cm³/mol. The van der Waals surface area contributed by atoms with Crippen LogP contribution in [0.15, 0.2) is 14.7 Å². The van der Waals surface area contributed by atoms with E-state index in [0.717, 1.165) is 37.0 Å². The van der Waals surface area contributed by atoms with Crippen LogP contribution in [0.2, 0.25) is 0 Å². The first-order valence-electron chi connectivity index (χ1n) is 6.33. The van der Waals surface area contributed by atoms with Crippen LogP contribution in [0.1, 0.15) is 49.2 Å². The van der Waals surface area contributed by atoms with Crippen LogP contribution < -0.4 is 4.72 Å². The van der Waals surface area contributed by atoms with Gasteiger partial charge in [0.15, 0.2) is 0 Å². The molecule has 0 radical (unpaired) electrons. The van der Waals surface area contributed by atoms with Crippen LogP contribution in [0.25, 0.3) is 0 Å². The lowest BCUT2D eigenvalue weighted by Crippen LogP contribution is -2.32. The molecule has 1 unspecified atom stereocenters. The van der Waals surface area contributed by atoms with Crippen LogP contribution in [0.5, 0.6) is 0 Å². The average molecular weight is 384 g/mol. The number of hydrogen-bond donors (Lipinski definition) is 2. The molecule has 1 atom stereocenters. The molecule has 0 fully saturated rings. The van der Waals surface area contributed by atoms with Crippen molar-refractivity contribution in [2.45, 2.75) is 50.5 Å². The molecule has 0 aliphatic heterocycles. The molecule has 0 aromatic carbocycles. The number of unbranched alkanes of at least 4 members (excludes halogenated alkanes) is 2. The van der Waals surface area contributed by atoms with Crippen molar-refractivity contribution >= 4 is 43.3 Å². The van der Waals surface area contributed by atoms with E-state index in [2.05, 4.69) is 27.6 Å². The number of carboxylic acids is 1. The van der Waals surface area contributed by atoms with Crippen molar-refractivity contribution in [2.24, 2.45) is 0 Å². The first kappa shape index (κ1) is 17.6. The highest BCUT2D eigenvalue weighted by molar-refractivity contribution is 9.11. The molecular formula is C12H18BrNO4S2. The van der Waals surface area contributed by atoms with Crippen LogP contribution in [0.3, 0.4) is 0 Å². The van der Waals surface area contributed by atoms with E-state index in [1.165, 1.54) is 6.07 Å². The van der Waals surface area contributed by atoms with Crippen molar-refractivity contribution < 1.29 is 18.3 Å². The zero-order chi connectivity index (χ0) is 15.3. The Kier molecular flexibility index (Phi) is 6.63. The molecule has 114 valence electrons. The number of hydrogen-bond acceptors (Lipinski definition) is 4. The molecule has 1 rings (SSSR count). The molecule has 1 aromatic heterocycles. The van der Waals surface area contributed by atoms with Gasteiger partial charge < -0.3 is 5.11 Å². The average Bonchev–Trinajstić information content (AvgIpc) is 2.72. The molecule has 0 saturated carbocycles. The van der Waals surface area contributed by atoms with Gasteiger partial charge in [0, 0.05) is 6.04 Å². The SMILES string of the molecule is CCCCCC(C)NS(=O)(=O)c1cc(C(=O)O)sc1Br. The number of carboxylic acid groups (broad SMARTS) is 1. The molecule has 5 nitrogen and oxygen atoms in total. The van der Waals surface area contributed by atoms with Gasteiger partial charge in [0.05, 0.1) is 3.79 Å². The van der Waals surface area contributed by atoms with Crippen molar-refractivity contribution in [3.8, 4) is 0 Å². The molecule has 8 heteroatoms. The van der Waals surface area contributed by atoms with Gasteiger partial charge in [-0.25, -0.2) is 17.9 Å². The van der Waals surface area contributed by atoms with Crippen molar-refractivity contribution in [3.05, 3.63) is 14.7 Å². The molecule has 20 heavy (non-hydrogen) atoms. The standard InChI is InChI=1S/C12H18BrNO4S2/c1-3-4-5-6-8(2)14-20(17,18)10-7-9(12(15)16)19-11(10)13/h7-8,14H,3-6H2,1-2H3,(H,15,16). The number of halogens is 1. The smallest absolute Gasteiger partial charge is 0.345 e. The van der Waals surface area contributed by atoms with Crippen LogP contribution in [0.4, 0.5) is 0 Å². The second kappa shape index (κ2) is 7.53. The fraction of sp³-hybridized carbons (Fsp3) is 0.583. The summed E-state index contributed by atoms with van der Waals surface area (Å²) in [5.41, 5.74) is 0. The number of thiophene rings is 1. The Morgan fingerprint density at radius 1 is 1.50 bits per heavy atom. The van der Waals surface area contributed by atoms with E-state index in [9.17, 15) is 13.2 Å². The fourth-order valence-corrected chi connectivity index (χ4v) is 5.41. The van der Waals surface area contributed by atoms with E-state index >= 15 is 0 Å². The Bertz CT molecular complexity index is 568. The minimum absolute atomic E-state index is 0.00381. The third kappa shape index (κ3) is 4.83. The molecular weight excluding hydrogens is 366 g/mol. The molecule has 0 spiro atoms. The summed E-state index contributed by atoms with van der Waals surface area (Å²) in [6, 6.07) is 1.00. The Morgan fingerprint density at radius 2 is 2.15 bits per heavy atom. The number of aromatic carboxylic acids is 1. The summed E-state index contributed by atoms with van der Waals surface area (Å²) in [4.78, 5) is 10.8. The van der Waals surface area contributed by atoms with Gasteiger partial charge in [-0.15, -0.1) is 11.3 Å². The molecule has 0 saturated heterocycles. The molecule has 1 heterocycles. The summed E-state index contributed by atoms with van der Waals surface area (Å²) < 4.78 is 27.3. The van der Waals surface area contributed by atoms with Crippen molar-refractivity contribution in [1.82, 2.24) is 4.72 Å². The summed E-state index contributed by atoms with van der Waals surface area (Å²) in [7, 11) is -3.69. The van der Waals surface area contributed by atoms with Crippen molar-refractivity contribution in [2.75, 3.05) is 0 Å². The van der Waals surface area contributed by atoms with Crippen LogP contribution >= 0.6 is 27.3 Å². The highest BCUT2D eigenvalue weighted by Gasteiger charge is 2.24. The summed E-state index contributed by atoms with van der Waals surface area (Å²) >= 11 is 4.01. The molecule has 0 bridgehead atoms. The zero-order valence-corrected chi connectivity index (χ0v) is 14.6. The van der Waals surface area contributed by atoms with Gasteiger partial charge in [-0.1, -0.05) is 26.2 Å². The summed E-state index contributed by atoms with van der Waals surface area (Å²) in [5, 5.41) is 8.89. The van der Waals surface area contributed by atoms with Crippen LogP contribution in [-0.2, 0) is 10.0 Å². The van der Waals surface area contributed by atoms with E-state index in [1.807, 2.05) is 6.92 Å². The van der Waals surface area contributed by atoms with Gasteiger partial charge in [0.2, 0.25) is 10.0 Å². The van der Waals surface area contributed by atoms with Crippen LogP contribution in [-0.4, -0.2) is 25.5 Å². The number of rotatable bonds is 8. The molecule has 0 aliphatic rings. The van der Waals surface area contributed by atoms with Crippen molar-refractivity contribution in [3.63, 3.8) is 0 Å². The minimum Gasteiger partial charge on any atom is -0.477 e. The van der Waals surface area contributed by atoms with Crippen molar-refractivity contribution in [1.29, 1.82) is 0 Å². The fourth-order valence-electron chi connectivity index (χ4n) is 1.73. The van der Waals surface area contributed by atoms with Gasteiger partial charge in [0.25, 0.3) is 0 Å². The van der Waals surface area contributed by atoms with Gasteiger partial charge in [-0.2, -0.15) is 0 Å². The monoisotopic (exact) mass is 383 g/mol. The lowest BCUT2D eigenvalue weighted by atomic mass is 10.1. The highest BCUT2D eigenvalue weighted by atomic mass is 79.9. The van der Waals surface area contributed by atoms with E-state index in [0.29, 0.717) is 3.79 Å². The van der Waals surface area contributed by atoms with Crippen LogP contribution in [0, 0.1) is 0 Å². The topological polar surface area (TPSA) is 83.5 Å². The molecule has 2 N–H and O–H groups in total. The maximum Gasteiger partial charge on any atom is 0.345 e. The lowest BCUT2D eigenvalue weighted by molar-refractivity contribution is 0.0702. The van der Waals surface area contributed by atoms with Gasteiger partial charge in [-0.3, -0.25) is 0 Å². The predicted octanol–water partition coefficient (Wildman–Crippen LogP) is 3.46. The van der Waals surface area contributed by atoms with Gasteiger partial charge in [-0.05, 0) is 35.3 Å². The first-order chi connectivity index (χ1) is 9.27. The Morgan fingerprint density at radius 3 is 2.65 bits per heavy atom. The van der Waals surface area contributed by atoms with E-state index in [-0.39, 0.29) is 15.8 Å². The third-order valence-electron chi connectivity index (χ3n) is 2.75. The van der Waals surface area contributed by atoms with E-state index in [1.54, 1.807) is 0 Å². The Labute approximate surface area is 131 Å². The molecule has 0 aliphatic carbocycles. The number of carbonyl (C=O) groups is 1. The number of nitrogens with one attached hydrogen (secondary N) is 1. The maximum absolute atomic E-state index is 12.2. The third-order valence-corrected chi connectivity index (χ3v) is 6.58. The van der Waals surface area contributed by atoms with E-state index in [4.69, 9.17) is 5.11 Å². The maximum atomic E-state index is 12.2. The summed E-state index contributed by atoms with van der Waals surface area (Å²) in [5.74, 6) is -1.13. The second-order valence-corrected chi connectivity index (χ2v) is 8.62.